The van der Waals surface area contributed by atoms with Crippen molar-refractivity contribution < 1.29 is 0 Å². The molecular weight excluding hydrogens is 301 g/mol. The Hall–Kier alpha value is -0.450. The van der Waals surface area contributed by atoms with E-state index in [1.54, 1.807) is 6.20 Å². The number of aromatic nitrogens is 3. The maximum absolute atomic E-state index is 6.00. The molecule has 0 N–H and O–H groups in total. The van der Waals surface area contributed by atoms with Crippen LogP contribution in [0.1, 0.15) is 24.7 Å². The van der Waals surface area contributed by atoms with Crippen molar-refractivity contribution in [2.24, 2.45) is 0 Å². The first-order chi connectivity index (χ1) is 9.29. The lowest BCUT2D eigenvalue weighted by atomic mass is 10.2. The van der Waals surface area contributed by atoms with Gasteiger partial charge in [-0.2, -0.15) is 11.8 Å². The zero-order valence-corrected chi connectivity index (χ0v) is 12.8. The van der Waals surface area contributed by atoms with Crippen molar-refractivity contribution in [2.75, 3.05) is 17.4 Å². The molecule has 6 heteroatoms. The molecule has 0 spiro atoms. The molecule has 2 aromatic rings. The smallest absolute Gasteiger partial charge is 0.160 e. The normalized spacial score (nSPS) is 20.0. The van der Waals surface area contributed by atoms with Crippen molar-refractivity contribution in [2.45, 2.75) is 25.3 Å². The van der Waals surface area contributed by atoms with E-state index in [9.17, 15) is 0 Å². The Morgan fingerprint density at radius 1 is 1.47 bits per heavy atom. The Bertz CT molecular complexity index is 579. The van der Waals surface area contributed by atoms with Crippen LogP contribution in [-0.2, 0) is 6.42 Å². The molecule has 0 saturated carbocycles. The standard InChI is InChI=1S/C13H15Cl2N3S/c14-4-3-12-17-11-6-9(15)7-16-13(11)18(12)10-2-1-5-19-8-10/h6-7,10H,1-5,8H2. The zero-order valence-electron chi connectivity index (χ0n) is 10.5. The van der Waals surface area contributed by atoms with Crippen LogP contribution in [0.15, 0.2) is 12.3 Å². The molecule has 1 fully saturated rings. The molecule has 19 heavy (non-hydrogen) atoms. The maximum atomic E-state index is 6.00. The van der Waals surface area contributed by atoms with E-state index in [0.717, 1.165) is 29.2 Å². The summed E-state index contributed by atoms with van der Waals surface area (Å²) in [6.07, 6.45) is 4.92. The van der Waals surface area contributed by atoms with Crippen LogP contribution in [-0.4, -0.2) is 31.9 Å². The number of nitrogens with zero attached hydrogens (tertiary/aromatic N) is 3. The van der Waals surface area contributed by atoms with Gasteiger partial charge in [0.2, 0.25) is 0 Å². The average molecular weight is 316 g/mol. The van der Waals surface area contributed by atoms with Crippen molar-refractivity contribution in [3.63, 3.8) is 0 Å². The minimum absolute atomic E-state index is 0.482. The Balaban J connectivity index is 2.09. The summed E-state index contributed by atoms with van der Waals surface area (Å²) in [5, 5.41) is 0.632. The van der Waals surface area contributed by atoms with E-state index in [1.165, 1.54) is 18.6 Å². The number of thioether (sulfide) groups is 1. The lowest BCUT2D eigenvalue weighted by Gasteiger charge is -2.24. The average Bonchev–Trinajstić information content (AvgIpc) is 2.77. The third-order valence-corrected chi connectivity index (χ3v) is 4.98. The molecule has 0 bridgehead atoms. The monoisotopic (exact) mass is 315 g/mol. The number of fused-ring (bicyclic) bond motifs is 1. The molecule has 1 aliphatic heterocycles. The highest BCUT2D eigenvalue weighted by molar-refractivity contribution is 7.99. The van der Waals surface area contributed by atoms with E-state index < -0.39 is 0 Å². The minimum Gasteiger partial charge on any atom is -0.309 e. The first-order valence-electron chi connectivity index (χ1n) is 6.45. The number of imidazole rings is 1. The third kappa shape index (κ3) is 2.71. The van der Waals surface area contributed by atoms with Gasteiger partial charge >= 0.3 is 0 Å². The fourth-order valence-electron chi connectivity index (χ4n) is 2.58. The molecule has 0 aromatic carbocycles. The van der Waals surface area contributed by atoms with E-state index in [2.05, 4.69) is 14.5 Å². The summed E-state index contributed by atoms with van der Waals surface area (Å²) in [6.45, 7) is 0. The fourth-order valence-corrected chi connectivity index (χ4v) is 4.02. The van der Waals surface area contributed by atoms with Gasteiger partial charge in [0.05, 0.1) is 5.02 Å². The van der Waals surface area contributed by atoms with Crippen molar-refractivity contribution in [1.29, 1.82) is 0 Å². The predicted molar refractivity (Wildman–Crippen MR) is 82.6 cm³/mol. The largest absolute Gasteiger partial charge is 0.309 e. The first kappa shape index (κ1) is 13.5. The van der Waals surface area contributed by atoms with Gasteiger partial charge in [-0.1, -0.05) is 11.6 Å². The highest BCUT2D eigenvalue weighted by Gasteiger charge is 2.22. The predicted octanol–water partition coefficient (Wildman–Crippen LogP) is 3.93. The SMILES string of the molecule is ClCCc1nc2cc(Cl)cnc2n1C1CCCSC1. The van der Waals surface area contributed by atoms with Crippen molar-refractivity contribution in [3.8, 4) is 0 Å². The number of alkyl halides is 1. The maximum Gasteiger partial charge on any atom is 0.160 e. The van der Waals surface area contributed by atoms with E-state index in [0.29, 0.717) is 16.9 Å². The van der Waals surface area contributed by atoms with Crippen LogP contribution in [0.4, 0.5) is 0 Å². The molecular formula is C13H15Cl2N3S. The number of hydrogen-bond acceptors (Lipinski definition) is 3. The molecule has 1 unspecified atom stereocenters. The molecule has 3 nitrogen and oxygen atoms in total. The molecule has 0 radical (unpaired) electrons. The minimum atomic E-state index is 0.482. The molecule has 3 rings (SSSR count). The lowest BCUT2D eigenvalue weighted by molar-refractivity contribution is 0.493. The van der Waals surface area contributed by atoms with Gasteiger partial charge in [-0.05, 0) is 24.7 Å². The molecule has 0 aliphatic carbocycles. The fraction of sp³-hybridized carbons (Fsp3) is 0.538. The Morgan fingerprint density at radius 3 is 3.11 bits per heavy atom. The molecule has 102 valence electrons. The molecule has 1 atom stereocenters. The summed E-state index contributed by atoms with van der Waals surface area (Å²) in [5.74, 6) is 4.00. The Kier molecular flexibility index (Phi) is 4.20. The highest BCUT2D eigenvalue weighted by Crippen LogP contribution is 2.31. The van der Waals surface area contributed by atoms with Crippen molar-refractivity contribution in [1.82, 2.24) is 14.5 Å². The van der Waals surface area contributed by atoms with Crippen molar-refractivity contribution >= 4 is 46.1 Å². The molecule has 3 heterocycles. The van der Waals surface area contributed by atoms with Gasteiger partial charge in [-0.25, -0.2) is 9.97 Å². The van der Waals surface area contributed by atoms with Crippen LogP contribution in [0.3, 0.4) is 0 Å². The number of hydrogen-bond donors (Lipinski definition) is 0. The number of halogens is 2. The summed E-state index contributed by atoms with van der Waals surface area (Å²) >= 11 is 13.9. The van der Waals surface area contributed by atoms with Crippen molar-refractivity contribution in [3.05, 3.63) is 23.1 Å². The quantitative estimate of drug-likeness (QED) is 0.804. The summed E-state index contributed by atoms with van der Waals surface area (Å²) in [4.78, 5) is 9.14. The van der Waals surface area contributed by atoms with Crippen LogP contribution in [0, 0.1) is 0 Å². The van der Waals surface area contributed by atoms with Crippen LogP contribution < -0.4 is 0 Å². The van der Waals surface area contributed by atoms with Gasteiger partial charge in [0.1, 0.15) is 11.3 Å². The van der Waals surface area contributed by atoms with Crippen LogP contribution in [0.5, 0.6) is 0 Å². The van der Waals surface area contributed by atoms with Crippen LogP contribution >= 0.6 is 35.0 Å². The molecule has 0 amide bonds. The second kappa shape index (κ2) is 5.90. The van der Waals surface area contributed by atoms with E-state index >= 15 is 0 Å². The summed E-state index contributed by atoms with van der Waals surface area (Å²) in [7, 11) is 0. The van der Waals surface area contributed by atoms with E-state index in [4.69, 9.17) is 23.2 Å². The van der Waals surface area contributed by atoms with E-state index in [1.807, 2.05) is 17.8 Å². The van der Waals surface area contributed by atoms with E-state index in [-0.39, 0.29) is 0 Å². The molecule has 1 aliphatic rings. The van der Waals surface area contributed by atoms with Gasteiger partial charge < -0.3 is 4.57 Å². The van der Waals surface area contributed by atoms with Crippen LogP contribution in [0.2, 0.25) is 5.02 Å². The summed E-state index contributed by atoms with van der Waals surface area (Å²) in [6, 6.07) is 2.37. The van der Waals surface area contributed by atoms with Gasteiger partial charge in [0.15, 0.2) is 5.65 Å². The van der Waals surface area contributed by atoms with Gasteiger partial charge in [0.25, 0.3) is 0 Å². The second-order valence-corrected chi connectivity index (χ2v) is 6.67. The van der Waals surface area contributed by atoms with Gasteiger partial charge in [-0.15, -0.1) is 11.6 Å². The second-order valence-electron chi connectivity index (χ2n) is 4.70. The molecule has 2 aromatic heterocycles. The third-order valence-electron chi connectivity index (χ3n) is 3.39. The lowest BCUT2D eigenvalue weighted by Crippen LogP contribution is -2.19. The number of rotatable bonds is 3. The van der Waals surface area contributed by atoms with Crippen LogP contribution in [0.25, 0.3) is 11.2 Å². The summed E-state index contributed by atoms with van der Waals surface area (Å²) in [5.41, 5.74) is 1.82. The Morgan fingerprint density at radius 2 is 2.37 bits per heavy atom. The number of aryl methyl sites for hydroxylation is 1. The van der Waals surface area contributed by atoms with Gasteiger partial charge in [-0.3, -0.25) is 0 Å². The number of pyridine rings is 1. The molecule has 1 saturated heterocycles. The Labute approximate surface area is 126 Å². The topological polar surface area (TPSA) is 30.7 Å². The van der Waals surface area contributed by atoms with Gasteiger partial charge in [0, 0.05) is 30.3 Å². The zero-order chi connectivity index (χ0) is 13.2. The summed E-state index contributed by atoms with van der Waals surface area (Å²) < 4.78 is 2.28. The first-order valence-corrected chi connectivity index (χ1v) is 8.52. The highest BCUT2D eigenvalue weighted by atomic mass is 35.5.